The molecule has 0 aliphatic rings. The summed E-state index contributed by atoms with van der Waals surface area (Å²) in [5.41, 5.74) is 6.29. The van der Waals surface area contributed by atoms with Crippen LogP contribution in [0.25, 0.3) is 0 Å². The molecule has 0 spiro atoms. The molecule has 0 saturated carbocycles. The number of esters is 1. The van der Waals surface area contributed by atoms with Crippen LogP contribution < -0.4 is 11.1 Å². The van der Waals surface area contributed by atoms with E-state index in [1.165, 1.54) is 12.1 Å². The van der Waals surface area contributed by atoms with Gasteiger partial charge in [-0.25, -0.2) is 8.42 Å². The highest BCUT2D eigenvalue weighted by molar-refractivity contribution is 7.92. The van der Waals surface area contributed by atoms with Crippen molar-refractivity contribution in [2.24, 2.45) is 0 Å². The summed E-state index contributed by atoms with van der Waals surface area (Å²) >= 11 is 5.88. The van der Waals surface area contributed by atoms with Crippen molar-refractivity contribution in [2.75, 3.05) is 29.7 Å². The fourth-order valence-corrected chi connectivity index (χ4v) is 2.76. The summed E-state index contributed by atoms with van der Waals surface area (Å²) in [6.45, 7) is 0. The van der Waals surface area contributed by atoms with E-state index in [9.17, 15) is 18.0 Å². The minimum Gasteiger partial charge on any atom is -0.468 e. The summed E-state index contributed by atoms with van der Waals surface area (Å²) in [6.07, 6.45) is -0.292. The van der Waals surface area contributed by atoms with Crippen LogP contribution in [0.15, 0.2) is 18.2 Å². The number of ether oxygens (including phenoxy) is 1. The maximum atomic E-state index is 11.7. The predicted molar refractivity (Wildman–Crippen MR) is 79.8 cm³/mol. The van der Waals surface area contributed by atoms with Gasteiger partial charge < -0.3 is 15.8 Å². The van der Waals surface area contributed by atoms with Gasteiger partial charge in [-0.3, -0.25) is 9.59 Å². The number of halogens is 1. The molecule has 0 radical (unpaired) electrons. The number of hydrogen-bond acceptors (Lipinski definition) is 6. The van der Waals surface area contributed by atoms with E-state index >= 15 is 0 Å². The highest BCUT2D eigenvalue weighted by Crippen LogP contribution is 2.24. The van der Waals surface area contributed by atoms with Crippen LogP contribution in [0.1, 0.15) is 6.42 Å². The van der Waals surface area contributed by atoms with E-state index in [2.05, 4.69) is 10.1 Å². The summed E-state index contributed by atoms with van der Waals surface area (Å²) in [6, 6.07) is 4.53. The summed E-state index contributed by atoms with van der Waals surface area (Å²) in [7, 11) is -2.59. The van der Waals surface area contributed by atoms with E-state index in [0.29, 0.717) is 11.4 Å². The maximum Gasteiger partial charge on any atom is 0.320 e. The van der Waals surface area contributed by atoms with Crippen molar-refractivity contribution in [3.63, 3.8) is 0 Å². The molecule has 1 rings (SSSR count). The van der Waals surface area contributed by atoms with Crippen LogP contribution in [0.5, 0.6) is 0 Å². The van der Waals surface area contributed by atoms with Crippen LogP contribution >= 0.6 is 11.6 Å². The van der Waals surface area contributed by atoms with Crippen molar-refractivity contribution in [2.45, 2.75) is 6.42 Å². The van der Waals surface area contributed by atoms with Gasteiger partial charge in [-0.15, -0.1) is 0 Å². The van der Waals surface area contributed by atoms with Gasteiger partial charge in [-0.2, -0.15) is 0 Å². The SMILES string of the molecule is COC(=O)CS(=O)(=O)CCC(=O)Nc1ccc(N)cc1Cl. The third kappa shape index (κ3) is 6.01. The second-order valence-electron chi connectivity index (χ2n) is 4.21. The van der Waals surface area contributed by atoms with Crippen molar-refractivity contribution < 1.29 is 22.7 Å². The van der Waals surface area contributed by atoms with Crippen LogP contribution in [-0.2, 0) is 24.2 Å². The molecular formula is C12H15ClN2O5S. The Kier molecular flexibility index (Phi) is 5.98. The molecule has 0 aromatic heterocycles. The molecule has 0 heterocycles. The number of rotatable bonds is 6. The Morgan fingerprint density at radius 1 is 1.38 bits per heavy atom. The number of carbonyl (C=O) groups is 2. The monoisotopic (exact) mass is 334 g/mol. The van der Waals surface area contributed by atoms with E-state index in [4.69, 9.17) is 17.3 Å². The molecule has 0 bridgehead atoms. The minimum atomic E-state index is -3.69. The predicted octanol–water partition coefficient (Wildman–Crippen LogP) is 0.839. The number of nitrogen functional groups attached to an aromatic ring is 1. The number of benzene rings is 1. The number of carbonyl (C=O) groups excluding carboxylic acids is 2. The molecule has 116 valence electrons. The average molecular weight is 335 g/mol. The van der Waals surface area contributed by atoms with Gasteiger partial charge in [0.2, 0.25) is 5.91 Å². The molecule has 7 nitrogen and oxygen atoms in total. The number of nitrogens with one attached hydrogen (secondary N) is 1. The minimum absolute atomic E-state index is 0.251. The quantitative estimate of drug-likeness (QED) is 0.588. The highest BCUT2D eigenvalue weighted by atomic mass is 35.5. The number of methoxy groups -OCH3 is 1. The molecule has 0 fully saturated rings. The van der Waals surface area contributed by atoms with Gasteiger partial charge in [-0.05, 0) is 18.2 Å². The molecule has 0 aliphatic carbocycles. The standard InChI is InChI=1S/C12H15ClN2O5S/c1-20-12(17)7-21(18,19)5-4-11(16)15-10-3-2-8(14)6-9(10)13/h2-3,6H,4-5,7,14H2,1H3,(H,15,16). The van der Waals surface area contributed by atoms with Crippen molar-refractivity contribution >= 4 is 44.7 Å². The lowest BCUT2D eigenvalue weighted by Gasteiger charge is -2.08. The fraction of sp³-hybridized carbons (Fsp3) is 0.333. The van der Waals surface area contributed by atoms with Crippen LogP contribution in [0.4, 0.5) is 11.4 Å². The largest absolute Gasteiger partial charge is 0.468 e. The van der Waals surface area contributed by atoms with Crippen LogP contribution in [0.2, 0.25) is 5.02 Å². The lowest BCUT2D eigenvalue weighted by Crippen LogP contribution is -2.23. The maximum absolute atomic E-state index is 11.7. The van der Waals surface area contributed by atoms with Gasteiger partial charge in [0.1, 0.15) is 5.75 Å². The molecule has 3 N–H and O–H groups in total. The second kappa shape index (κ2) is 7.28. The van der Waals surface area contributed by atoms with Gasteiger partial charge >= 0.3 is 5.97 Å². The van der Waals surface area contributed by atoms with Gasteiger partial charge in [0.05, 0.1) is 23.6 Å². The summed E-state index contributed by atoms with van der Waals surface area (Å²) in [5.74, 6) is -2.60. The molecule has 0 saturated heterocycles. The first kappa shape index (κ1) is 17.3. The van der Waals surface area contributed by atoms with Crippen molar-refractivity contribution in [3.8, 4) is 0 Å². The van der Waals surface area contributed by atoms with Crippen LogP contribution in [-0.4, -0.2) is 38.9 Å². The number of hydrogen-bond donors (Lipinski definition) is 2. The van der Waals surface area contributed by atoms with E-state index in [1.54, 1.807) is 6.07 Å². The normalized spacial score (nSPS) is 11.0. The molecule has 0 aliphatic heterocycles. The van der Waals surface area contributed by atoms with E-state index in [0.717, 1.165) is 7.11 Å². The molecule has 1 aromatic carbocycles. The zero-order valence-electron chi connectivity index (χ0n) is 11.3. The van der Waals surface area contributed by atoms with Gasteiger partial charge in [0.25, 0.3) is 0 Å². The second-order valence-corrected chi connectivity index (χ2v) is 6.80. The Morgan fingerprint density at radius 3 is 2.62 bits per heavy atom. The lowest BCUT2D eigenvalue weighted by molar-refractivity contribution is -0.137. The molecular weight excluding hydrogens is 320 g/mol. The molecule has 21 heavy (non-hydrogen) atoms. The molecule has 9 heteroatoms. The van der Waals surface area contributed by atoms with Gasteiger partial charge in [-0.1, -0.05) is 11.6 Å². The Hall–Kier alpha value is -1.80. The number of nitrogens with two attached hydrogens (primary N) is 1. The van der Waals surface area contributed by atoms with E-state index in [1.807, 2.05) is 0 Å². The number of amides is 1. The third-order valence-electron chi connectivity index (χ3n) is 2.47. The Labute approximate surface area is 127 Å². The smallest absolute Gasteiger partial charge is 0.320 e. The molecule has 1 amide bonds. The van der Waals surface area contributed by atoms with E-state index in [-0.39, 0.29) is 11.4 Å². The summed E-state index contributed by atoms with van der Waals surface area (Å²) in [4.78, 5) is 22.6. The Bertz CT molecular complexity index is 645. The van der Waals surface area contributed by atoms with E-state index < -0.39 is 33.2 Å². The molecule has 0 unspecified atom stereocenters. The zero-order valence-corrected chi connectivity index (χ0v) is 12.8. The first-order chi connectivity index (χ1) is 9.73. The van der Waals surface area contributed by atoms with Crippen molar-refractivity contribution in [1.29, 1.82) is 0 Å². The third-order valence-corrected chi connectivity index (χ3v) is 4.29. The van der Waals surface area contributed by atoms with Gasteiger partial charge in [0, 0.05) is 12.1 Å². The molecule has 1 aromatic rings. The Balaban J connectivity index is 2.56. The van der Waals surface area contributed by atoms with Gasteiger partial charge in [0.15, 0.2) is 9.84 Å². The summed E-state index contributed by atoms with van der Waals surface area (Å²) < 4.78 is 27.4. The van der Waals surface area contributed by atoms with Crippen LogP contribution in [0.3, 0.4) is 0 Å². The van der Waals surface area contributed by atoms with Crippen molar-refractivity contribution in [1.82, 2.24) is 0 Å². The lowest BCUT2D eigenvalue weighted by atomic mass is 10.3. The number of anilines is 2. The first-order valence-corrected chi connectivity index (χ1v) is 8.05. The topological polar surface area (TPSA) is 116 Å². The number of sulfone groups is 1. The zero-order chi connectivity index (χ0) is 16.0. The first-order valence-electron chi connectivity index (χ1n) is 5.85. The van der Waals surface area contributed by atoms with Crippen LogP contribution in [0, 0.1) is 0 Å². The Morgan fingerprint density at radius 2 is 2.05 bits per heavy atom. The average Bonchev–Trinajstić information content (AvgIpc) is 2.39. The van der Waals surface area contributed by atoms with Crippen molar-refractivity contribution in [3.05, 3.63) is 23.2 Å². The molecule has 0 atom stereocenters. The highest BCUT2D eigenvalue weighted by Gasteiger charge is 2.19. The fourth-order valence-electron chi connectivity index (χ4n) is 1.40. The summed E-state index contributed by atoms with van der Waals surface area (Å²) in [5, 5.41) is 2.72.